The molecule has 4 heteroatoms. The maximum atomic E-state index is 10.6. The van der Waals surface area contributed by atoms with Gasteiger partial charge in [0.05, 0.1) is 6.54 Å². The van der Waals surface area contributed by atoms with Gasteiger partial charge in [-0.1, -0.05) is 24.3 Å². The second kappa shape index (κ2) is 6.30. The van der Waals surface area contributed by atoms with E-state index in [1.807, 2.05) is 43.6 Å². The number of likely N-dealkylation sites (N-methyl/N-ethyl adjacent to an activating group) is 1. The zero-order valence-corrected chi connectivity index (χ0v) is 11.7. The van der Waals surface area contributed by atoms with Crippen molar-refractivity contribution in [2.45, 2.75) is 13.5 Å². The highest BCUT2D eigenvalue weighted by atomic mass is 16.4. The van der Waals surface area contributed by atoms with Gasteiger partial charge in [-0.25, -0.2) is 0 Å². The first kappa shape index (κ1) is 14.2. The molecule has 0 spiro atoms. The number of aliphatic carboxylic acids is 1. The zero-order valence-electron chi connectivity index (χ0n) is 11.7. The van der Waals surface area contributed by atoms with Gasteiger partial charge in [0.15, 0.2) is 0 Å². The molecule has 0 atom stereocenters. The normalized spacial score (nSPS) is 10.8. The van der Waals surface area contributed by atoms with Gasteiger partial charge in [0.25, 0.3) is 0 Å². The molecule has 2 aromatic rings. The summed E-state index contributed by atoms with van der Waals surface area (Å²) in [5.41, 5.74) is 4.44. The van der Waals surface area contributed by atoms with Gasteiger partial charge in [0.2, 0.25) is 0 Å². The molecule has 2 rings (SSSR count). The highest BCUT2D eigenvalue weighted by Crippen LogP contribution is 2.20. The first-order valence-corrected chi connectivity index (χ1v) is 6.46. The predicted octanol–water partition coefficient (Wildman–Crippen LogP) is 2.57. The molecule has 0 radical (unpaired) electrons. The molecule has 0 unspecified atom stereocenters. The maximum Gasteiger partial charge on any atom is 0.317 e. The quantitative estimate of drug-likeness (QED) is 0.907. The van der Waals surface area contributed by atoms with Gasteiger partial charge in [-0.15, -0.1) is 0 Å². The summed E-state index contributed by atoms with van der Waals surface area (Å²) in [4.78, 5) is 16.6. The molecule has 0 fully saturated rings. The molecule has 1 N–H and O–H groups in total. The van der Waals surface area contributed by atoms with Crippen molar-refractivity contribution in [1.29, 1.82) is 0 Å². The Morgan fingerprint density at radius 3 is 2.50 bits per heavy atom. The maximum absolute atomic E-state index is 10.6. The second-order valence-electron chi connectivity index (χ2n) is 5.01. The number of carboxylic acid groups (broad SMARTS) is 1. The van der Waals surface area contributed by atoms with Crippen molar-refractivity contribution >= 4 is 5.97 Å². The van der Waals surface area contributed by atoms with Crippen LogP contribution in [-0.2, 0) is 11.3 Å². The first-order chi connectivity index (χ1) is 9.54. The molecule has 0 saturated carbocycles. The number of carboxylic acids is 1. The smallest absolute Gasteiger partial charge is 0.317 e. The molecule has 0 aliphatic heterocycles. The molecule has 0 aliphatic rings. The Hall–Kier alpha value is -2.20. The SMILES string of the molecule is Cc1cncc(-c2ccc(CN(C)CC(=O)O)cc2)c1. The van der Waals surface area contributed by atoms with E-state index in [9.17, 15) is 4.79 Å². The van der Waals surface area contributed by atoms with Crippen LogP contribution in [0.3, 0.4) is 0 Å². The number of aryl methyl sites for hydroxylation is 1. The van der Waals surface area contributed by atoms with Crippen molar-refractivity contribution in [2.75, 3.05) is 13.6 Å². The third kappa shape index (κ3) is 3.90. The van der Waals surface area contributed by atoms with Crippen LogP contribution in [0.1, 0.15) is 11.1 Å². The van der Waals surface area contributed by atoms with E-state index in [1.165, 1.54) is 0 Å². The van der Waals surface area contributed by atoms with E-state index in [0.29, 0.717) is 6.54 Å². The summed E-state index contributed by atoms with van der Waals surface area (Å²) in [7, 11) is 1.80. The van der Waals surface area contributed by atoms with Crippen LogP contribution in [0.2, 0.25) is 0 Å². The summed E-state index contributed by atoms with van der Waals surface area (Å²) in [5, 5.41) is 8.73. The van der Waals surface area contributed by atoms with E-state index < -0.39 is 5.97 Å². The molecule has 0 bridgehead atoms. The second-order valence-corrected chi connectivity index (χ2v) is 5.01. The van der Waals surface area contributed by atoms with E-state index in [4.69, 9.17) is 5.11 Å². The van der Waals surface area contributed by atoms with E-state index in [1.54, 1.807) is 11.9 Å². The van der Waals surface area contributed by atoms with Gasteiger partial charge < -0.3 is 5.11 Å². The number of hydrogen-bond acceptors (Lipinski definition) is 3. The summed E-state index contributed by atoms with van der Waals surface area (Å²) in [6, 6.07) is 10.2. The summed E-state index contributed by atoms with van der Waals surface area (Å²) in [6.45, 7) is 2.69. The standard InChI is InChI=1S/C16H18N2O2/c1-12-7-15(9-17-8-12)14-5-3-13(4-6-14)10-18(2)11-16(19)20/h3-9H,10-11H2,1-2H3,(H,19,20). The van der Waals surface area contributed by atoms with Gasteiger partial charge in [-0.2, -0.15) is 0 Å². The van der Waals surface area contributed by atoms with Crippen LogP contribution in [0.5, 0.6) is 0 Å². The van der Waals surface area contributed by atoms with Crippen LogP contribution in [0, 0.1) is 6.92 Å². The number of pyridine rings is 1. The molecule has 20 heavy (non-hydrogen) atoms. The monoisotopic (exact) mass is 270 g/mol. The van der Waals surface area contributed by atoms with E-state index in [0.717, 1.165) is 22.3 Å². The predicted molar refractivity (Wildman–Crippen MR) is 78.4 cm³/mol. The van der Waals surface area contributed by atoms with Gasteiger partial charge in [0, 0.05) is 24.5 Å². The van der Waals surface area contributed by atoms with Crippen LogP contribution in [0.15, 0.2) is 42.7 Å². The van der Waals surface area contributed by atoms with Gasteiger partial charge in [-0.05, 0) is 36.7 Å². The molecule has 4 nitrogen and oxygen atoms in total. The lowest BCUT2D eigenvalue weighted by Crippen LogP contribution is -2.25. The van der Waals surface area contributed by atoms with Gasteiger partial charge >= 0.3 is 5.97 Å². The third-order valence-electron chi connectivity index (χ3n) is 3.02. The number of benzene rings is 1. The minimum absolute atomic E-state index is 0.0452. The highest BCUT2D eigenvalue weighted by Gasteiger charge is 2.05. The number of nitrogens with zero attached hydrogens (tertiary/aromatic N) is 2. The molecular formula is C16H18N2O2. The number of hydrogen-bond donors (Lipinski definition) is 1. The molecule has 0 saturated heterocycles. The summed E-state index contributed by atoms with van der Waals surface area (Å²) in [5.74, 6) is -0.810. The van der Waals surface area contributed by atoms with E-state index in [-0.39, 0.29) is 6.54 Å². The van der Waals surface area contributed by atoms with Crippen molar-refractivity contribution in [3.05, 3.63) is 53.9 Å². The third-order valence-corrected chi connectivity index (χ3v) is 3.02. The van der Waals surface area contributed by atoms with Crippen LogP contribution in [0.25, 0.3) is 11.1 Å². The summed E-state index contributed by atoms with van der Waals surface area (Å²) in [6.07, 6.45) is 3.68. The number of aromatic nitrogens is 1. The van der Waals surface area contributed by atoms with Crippen molar-refractivity contribution in [3.63, 3.8) is 0 Å². The molecule has 1 aromatic carbocycles. The Morgan fingerprint density at radius 1 is 1.20 bits per heavy atom. The topological polar surface area (TPSA) is 53.4 Å². The minimum Gasteiger partial charge on any atom is -0.480 e. The highest BCUT2D eigenvalue weighted by molar-refractivity contribution is 5.69. The zero-order chi connectivity index (χ0) is 14.5. The lowest BCUT2D eigenvalue weighted by Gasteiger charge is -2.14. The lowest BCUT2D eigenvalue weighted by atomic mass is 10.0. The fourth-order valence-electron chi connectivity index (χ4n) is 2.11. The Kier molecular flexibility index (Phi) is 4.48. The summed E-state index contributed by atoms with van der Waals surface area (Å²) >= 11 is 0. The van der Waals surface area contributed by atoms with Crippen molar-refractivity contribution < 1.29 is 9.90 Å². The minimum atomic E-state index is -0.810. The molecular weight excluding hydrogens is 252 g/mol. The molecule has 104 valence electrons. The van der Waals surface area contributed by atoms with Crippen molar-refractivity contribution in [2.24, 2.45) is 0 Å². The molecule has 0 amide bonds. The van der Waals surface area contributed by atoms with Crippen LogP contribution >= 0.6 is 0 Å². The van der Waals surface area contributed by atoms with Crippen LogP contribution in [-0.4, -0.2) is 34.6 Å². The Bertz CT molecular complexity index is 594. The average molecular weight is 270 g/mol. The Balaban J connectivity index is 2.08. The van der Waals surface area contributed by atoms with Crippen molar-refractivity contribution in [3.8, 4) is 11.1 Å². The fraction of sp³-hybridized carbons (Fsp3) is 0.250. The summed E-state index contributed by atoms with van der Waals surface area (Å²) < 4.78 is 0. The average Bonchev–Trinajstić information content (AvgIpc) is 2.38. The first-order valence-electron chi connectivity index (χ1n) is 6.46. The number of rotatable bonds is 5. The lowest BCUT2D eigenvalue weighted by molar-refractivity contribution is -0.138. The van der Waals surface area contributed by atoms with Gasteiger partial charge in [0.1, 0.15) is 0 Å². The molecule has 0 aliphatic carbocycles. The molecule has 1 aromatic heterocycles. The van der Waals surface area contributed by atoms with Crippen molar-refractivity contribution in [1.82, 2.24) is 9.88 Å². The van der Waals surface area contributed by atoms with Crippen LogP contribution in [0.4, 0.5) is 0 Å². The Morgan fingerprint density at radius 2 is 1.90 bits per heavy atom. The Labute approximate surface area is 118 Å². The van der Waals surface area contributed by atoms with E-state index >= 15 is 0 Å². The van der Waals surface area contributed by atoms with E-state index in [2.05, 4.69) is 11.1 Å². The number of carbonyl (C=O) groups is 1. The van der Waals surface area contributed by atoms with Crippen LogP contribution < -0.4 is 0 Å². The fourth-order valence-corrected chi connectivity index (χ4v) is 2.11. The van der Waals surface area contributed by atoms with Gasteiger partial charge in [-0.3, -0.25) is 14.7 Å². The molecule has 1 heterocycles. The largest absolute Gasteiger partial charge is 0.480 e.